The van der Waals surface area contributed by atoms with Gasteiger partial charge in [0.15, 0.2) is 0 Å². The lowest BCUT2D eigenvalue weighted by Gasteiger charge is -2.20. The molecule has 6 nitrogen and oxygen atoms in total. The fraction of sp³-hybridized carbons (Fsp3) is 0.308. The lowest BCUT2D eigenvalue weighted by molar-refractivity contribution is -0.137. The molecule has 0 bridgehead atoms. The van der Waals surface area contributed by atoms with Gasteiger partial charge in [-0.05, 0) is 19.1 Å². The van der Waals surface area contributed by atoms with Crippen molar-refractivity contribution in [1.29, 1.82) is 0 Å². The van der Waals surface area contributed by atoms with Crippen molar-refractivity contribution in [3.63, 3.8) is 0 Å². The Morgan fingerprint density at radius 1 is 1.45 bits per heavy atom. The van der Waals surface area contributed by atoms with Crippen LogP contribution in [0.1, 0.15) is 23.7 Å². The first-order valence-electron chi connectivity index (χ1n) is 6.16. The quantitative estimate of drug-likeness (QED) is 0.871. The maximum atomic E-state index is 13.5. The first-order chi connectivity index (χ1) is 9.52. The highest BCUT2D eigenvalue weighted by molar-refractivity contribution is 6.04. The number of rotatable bonds is 5. The molecule has 2 aromatic rings. The van der Waals surface area contributed by atoms with Gasteiger partial charge in [0.1, 0.15) is 11.3 Å². The smallest absolute Gasteiger partial charge is 0.305 e. The van der Waals surface area contributed by atoms with E-state index in [1.807, 2.05) is 0 Å². The van der Waals surface area contributed by atoms with Gasteiger partial charge in [0.25, 0.3) is 5.91 Å². The molecule has 20 heavy (non-hydrogen) atoms. The second kappa shape index (κ2) is 5.68. The van der Waals surface area contributed by atoms with Gasteiger partial charge in [0.05, 0.1) is 23.8 Å². The van der Waals surface area contributed by atoms with Crippen LogP contribution in [0.5, 0.6) is 0 Å². The molecule has 0 saturated heterocycles. The van der Waals surface area contributed by atoms with Crippen LogP contribution >= 0.6 is 0 Å². The number of H-pyrrole nitrogens is 1. The molecule has 1 heterocycles. The third kappa shape index (κ3) is 2.76. The van der Waals surface area contributed by atoms with E-state index in [0.717, 1.165) is 6.07 Å². The Balaban J connectivity index is 2.33. The number of fused-ring (bicyclic) bond motifs is 1. The average Bonchev–Trinajstić information content (AvgIpc) is 2.85. The number of aromatic amines is 1. The molecule has 1 aromatic heterocycles. The van der Waals surface area contributed by atoms with Gasteiger partial charge in [-0.25, -0.2) is 9.37 Å². The molecule has 0 aliphatic rings. The van der Waals surface area contributed by atoms with E-state index in [1.54, 1.807) is 6.92 Å². The molecule has 0 atom stereocenters. The number of nitrogens with zero attached hydrogens (tertiary/aromatic N) is 2. The molecule has 1 amide bonds. The van der Waals surface area contributed by atoms with Gasteiger partial charge in [-0.3, -0.25) is 9.59 Å². The Bertz CT molecular complexity index is 653. The summed E-state index contributed by atoms with van der Waals surface area (Å²) >= 11 is 0. The van der Waals surface area contributed by atoms with Crippen molar-refractivity contribution in [3.8, 4) is 0 Å². The molecule has 1 aromatic carbocycles. The Labute approximate surface area is 114 Å². The van der Waals surface area contributed by atoms with Crippen molar-refractivity contribution in [2.24, 2.45) is 0 Å². The molecule has 0 fully saturated rings. The summed E-state index contributed by atoms with van der Waals surface area (Å²) in [5.41, 5.74) is 0.946. The molecule has 106 valence electrons. The van der Waals surface area contributed by atoms with Crippen LogP contribution in [-0.2, 0) is 4.79 Å². The molecule has 2 N–H and O–H groups in total. The zero-order chi connectivity index (χ0) is 14.7. The minimum atomic E-state index is -0.986. The van der Waals surface area contributed by atoms with Crippen LogP contribution in [0.15, 0.2) is 18.5 Å². The lowest BCUT2D eigenvalue weighted by atomic mass is 10.1. The predicted octanol–water partition coefficient (Wildman–Crippen LogP) is 1.64. The second-order valence-electron chi connectivity index (χ2n) is 4.28. The van der Waals surface area contributed by atoms with Gasteiger partial charge in [-0.2, -0.15) is 0 Å². The maximum absolute atomic E-state index is 13.5. The summed E-state index contributed by atoms with van der Waals surface area (Å²) in [5.74, 6) is -1.95. The number of carbonyl (C=O) groups excluding carboxylic acids is 1. The number of benzene rings is 1. The number of hydrogen-bond acceptors (Lipinski definition) is 3. The van der Waals surface area contributed by atoms with Crippen molar-refractivity contribution in [3.05, 3.63) is 29.8 Å². The van der Waals surface area contributed by atoms with Crippen molar-refractivity contribution in [2.45, 2.75) is 13.3 Å². The first kappa shape index (κ1) is 14.0. The van der Waals surface area contributed by atoms with Crippen molar-refractivity contribution in [2.75, 3.05) is 13.1 Å². The summed E-state index contributed by atoms with van der Waals surface area (Å²) in [6, 6.07) is 2.38. The van der Waals surface area contributed by atoms with Crippen molar-refractivity contribution in [1.82, 2.24) is 14.9 Å². The van der Waals surface area contributed by atoms with Gasteiger partial charge in [-0.1, -0.05) is 0 Å². The fourth-order valence-electron chi connectivity index (χ4n) is 1.98. The number of amides is 1. The Kier molecular flexibility index (Phi) is 3.97. The summed E-state index contributed by atoms with van der Waals surface area (Å²) in [6.45, 7) is 2.16. The predicted molar refractivity (Wildman–Crippen MR) is 69.9 cm³/mol. The summed E-state index contributed by atoms with van der Waals surface area (Å²) in [4.78, 5) is 31.1. The number of aromatic nitrogens is 2. The zero-order valence-corrected chi connectivity index (χ0v) is 10.9. The van der Waals surface area contributed by atoms with E-state index in [0.29, 0.717) is 17.6 Å². The number of halogens is 1. The van der Waals surface area contributed by atoms with Crippen LogP contribution in [0.4, 0.5) is 4.39 Å². The van der Waals surface area contributed by atoms with Crippen LogP contribution in [0, 0.1) is 5.82 Å². The van der Waals surface area contributed by atoms with Crippen molar-refractivity contribution >= 4 is 22.9 Å². The SMILES string of the molecule is CCN(CCC(=O)O)C(=O)c1cc(F)cc2[nH]cnc12. The Morgan fingerprint density at radius 3 is 2.85 bits per heavy atom. The molecule has 0 radical (unpaired) electrons. The second-order valence-corrected chi connectivity index (χ2v) is 4.28. The van der Waals surface area contributed by atoms with Crippen molar-refractivity contribution < 1.29 is 19.1 Å². The number of carbonyl (C=O) groups is 2. The van der Waals surface area contributed by atoms with E-state index >= 15 is 0 Å². The molecule has 0 aliphatic carbocycles. The normalized spacial score (nSPS) is 10.7. The molecule has 0 spiro atoms. The fourth-order valence-corrected chi connectivity index (χ4v) is 1.98. The van der Waals surface area contributed by atoms with Crippen LogP contribution in [0.25, 0.3) is 11.0 Å². The van der Waals surface area contributed by atoms with E-state index in [2.05, 4.69) is 9.97 Å². The summed E-state index contributed by atoms with van der Waals surface area (Å²) in [7, 11) is 0. The molecular formula is C13H14FN3O3. The summed E-state index contributed by atoms with van der Waals surface area (Å²) < 4.78 is 13.5. The number of hydrogen-bond donors (Lipinski definition) is 2. The lowest BCUT2D eigenvalue weighted by Crippen LogP contribution is -2.33. The van der Waals surface area contributed by atoms with E-state index in [-0.39, 0.29) is 18.5 Å². The Hall–Kier alpha value is -2.44. The minimum absolute atomic E-state index is 0.0765. The van der Waals surface area contributed by atoms with Gasteiger partial charge >= 0.3 is 5.97 Å². The monoisotopic (exact) mass is 279 g/mol. The largest absolute Gasteiger partial charge is 0.481 e. The number of imidazole rings is 1. The number of aliphatic carboxylic acids is 1. The summed E-state index contributed by atoms with van der Waals surface area (Å²) in [5, 5.41) is 8.68. The van der Waals surface area contributed by atoms with Gasteiger partial charge < -0.3 is 15.0 Å². The molecule has 2 rings (SSSR count). The van der Waals surface area contributed by atoms with E-state index in [9.17, 15) is 14.0 Å². The number of nitrogens with one attached hydrogen (secondary N) is 1. The number of carboxylic acid groups (broad SMARTS) is 1. The van der Waals surface area contributed by atoms with E-state index in [4.69, 9.17) is 5.11 Å². The van der Waals surface area contributed by atoms with E-state index in [1.165, 1.54) is 17.3 Å². The third-order valence-electron chi connectivity index (χ3n) is 2.98. The zero-order valence-electron chi connectivity index (χ0n) is 10.9. The van der Waals surface area contributed by atoms with Crippen LogP contribution in [0.3, 0.4) is 0 Å². The molecule has 0 unspecified atom stereocenters. The topological polar surface area (TPSA) is 86.3 Å². The minimum Gasteiger partial charge on any atom is -0.481 e. The van der Waals surface area contributed by atoms with Crippen LogP contribution < -0.4 is 0 Å². The maximum Gasteiger partial charge on any atom is 0.305 e. The van der Waals surface area contributed by atoms with Crippen LogP contribution in [-0.4, -0.2) is 44.9 Å². The van der Waals surface area contributed by atoms with Gasteiger partial charge in [0, 0.05) is 13.1 Å². The highest BCUT2D eigenvalue weighted by Crippen LogP contribution is 2.19. The highest BCUT2D eigenvalue weighted by atomic mass is 19.1. The third-order valence-corrected chi connectivity index (χ3v) is 2.98. The summed E-state index contributed by atoms with van der Waals surface area (Å²) in [6.07, 6.45) is 1.23. The highest BCUT2D eigenvalue weighted by Gasteiger charge is 2.20. The average molecular weight is 279 g/mol. The van der Waals surface area contributed by atoms with E-state index < -0.39 is 17.7 Å². The Morgan fingerprint density at radius 2 is 2.20 bits per heavy atom. The molecule has 0 aliphatic heterocycles. The molecular weight excluding hydrogens is 265 g/mol. The standard InChI is InChI=1S/C13H14FN3O3/c1-2-17(4-3-11(18)19)13(20)9-5-8(14)6-10-12(9)16-7-15-10/h5-7H,2-4H2,1H3,(H,15,16)(H,18,19). The molecule has 0 saturated carbocycles. The van der Waals surface area contributed by atoms with Gasteiger partial charge in [0.2, 0.25) is 0 Å². The first-order valence-corrected chi connectivity index (χ1v) is 6.16. The molecule has 7 heteroatoms. The van der Waals surface area contributed by atoms with Crippen LogP contribution in [0.2, 0.25) is 0 Å². The van der Waals surface area contributed by atoms with Gasteiger partial charge in [-0.15, -0.1) is 0 Å². The number of carboxylic acids is 1.